The van der Waals surface area contributed by atoms with Gasteiger partial charge in [-0.15, -0.1) is 0 Å². The molecule has 2 saturated heterocycles. The molecule has 2 aromatic rings. The maximum absolute atomic E-state index is 12.7. The molecule has 0 aliphatic carbocycles. The highest BCUT2D eigenvalue weighted by atomic mass is 16.5. The summed E-state index contributed by atoms with van der Waals surface area (Å²) < 4.78 is 5.17. The van der Waals surface area contributed by atoms with E-state index in [0.29, 0.717) is 13.1 Å². The third kappa shape index (κ3) is 4.53. The van der Waals surface area contributed by atoms with E-state index in [1.807, 2.05) is 36.4 Å². The normalized spacial score (nSPS) is 18.9. The monoisotopic (exact) mass is 393 g/mol. The van der Waals surface area contributed by atoms with Gasteiger partial charge in [-0.1, -0.05) is 12.1 Å². The minimum absolute atomic E-state index is 0.0188. The van der Waals surface area contributed by atoms with Crippen molar-refractivity contribution in [3.05, 3.63) is 54.1 Å². The Kier molecular flexibility index (Phi) is 5.69. The van der Waals surface area contributed by atoms with Crippen molar-refractivity contribution in [2.45, 2.75) is 25.8 Å². The van der Waals surface area contributed by atoms with E-state index in [1.165, 1.54) is 18.5 Å². The number of methoxy groups -OCH3 is 1. The van der Waals surface area contributed by atoms with Gasteiger partial charge in [-0.05, 0) is 54.8 Å². The van der Waals surface area contributed by atoms with Gasteiger partial charge < -0.3 is 19.9 Å². The minimum atomic E-state index is -0.320. The zero-order chi connectivity index (χ0) is 20.2. The first-order valence-electron chi connectivity index (χ1n) is 10.2. The number of likely N-dealkylation sites (tertiary alicyclic amines) is 1. The number of anilines is 2. The molecule has 2 fully saturated rings. The van der Waals surface area contributed by atoms with Crippen molar-refractivity contribution in [3.8, 4) is 5.75 Å². The summed E-state index contributed by atoms with van der Waals surface area (Å²) in [5, 5.41) is 2.97. The fraction of sp³-hybridized carbons (Fsp3) is 0.391. The molecule has 6 nitrogen and oxygen atoms in total. The van der Waals surface area contributed by atoms with E-state index in [1.54, 1.807) is 12.0 Å². The zero-order valence-electron chi connectivity index (χ0n) is 16.8. The van der Waals surface area contributed by atoms with Crippen molar-refractivity contribution >= 4 is 23.2 Å². The van der Waals surface area contributed by atoms with E-state index in [-0.39, 0.29) is 24.2 Å². The summed E-state index contributed by atoms with van der Waals surface area (Å²) in [5.41, 5.74) is 3.00. The van der Waals surface area contributed by atoms with Crippen LogP contribution in [-0.4, -0.2) is 43.5 Å². The molecular formula is C23H27N3O3. The van der Waals surface area contributed by atoms with E-state index < -0.39 is 0 Å². The smallest absolute Gasteiger partial charge is 0.229 e. The van der Waals surface area contributed by atoms with Crippen molar-refractivity contribution in [3.63, 3.8) is 0 Å². The molecule has 0 aromatic heterocycles. The van der Waals surface area contributed by atoms with Gasteiger partial charge in [-0.3, -0.25) is 9.59 Å². The summed E-state index contributed by atoms with van der Waals surface area (Å²) in [4.78, 5) is 29.2. The molecule has 2 aliphatic heterocycles. The van der Waals surface area contributed by atoms with Crippen LogP contribution in [-0.2, 0) is 16.1 Å². The van der Waals surface area contributed by atoms with Crippen LogP contribution in [0.2, 0.25) is 0 Å². The predicted octanol–water partition coefficient (Wildman–Crippen LogP) is 3.28. The second-order valence-corrected chi connectivity index (χ2v) is 7.75. The molecule has 2 heterocycles. The van der Waals surface area contributed by atoms with Gasteiger partial charge in [-0.25, -0.2) is 0 Å². The van der Waals surface area contributed by atoms with E-state index in [9.17, 15) is 9.59 Å². The van der Waals surface area contributed by atoms with Gasteiger partial charge in [0.1, 0.15) is 5.75 Å². The molecular weight excluding hydrogens is 366 g/mol. The Morgan fingerprint density at radius 1 is 1.07 bits per heavy atom. The van der Waals surface area contributed by atoms with E-state index >= 15 is 0 Å². The summed E-state index contributed by atoms with van der Waals surface area (Å²) in [6, 6.07) is 15.6. The fourth-order valence-electron chi connectivity index (χ4n) is 4.03. The third-order valence-electron chi connectivity index (χ3n) is 5.72. The van der Waals surface area contributed by atoms with Crippen LogP contribution < -0.4 is 15.0 Å². The lowest BCUT2D eigenvalue weighted by molar-refractivity contribution is -0.128. The molecule has 0 spiro atoms. The number of nitrogens with one attached hydrogen (secondary N) is 1. The van der Waals surface area contributed by atoms with Crippen molar-refractivity contribution in [1.29, 1.82) is 0 Å². The van der Waals surface area contributed by atoms with Crippen molar-refractivity contribution in [2.75, 3.05) is 37.0 Å². The Labute approximate surface area is 171 Å². The van der Waals surface area contributed by atoms with E-state index in [0.717, 1.165) is 30.1 Å². The molecule has 152 valence electrons. The summed E-state index contributed by atoms with van der Waals surface area (Å²) in [5.74, 6) is 0.392. The lowest BCUT2D eigenvalue weighted by atomic mass is 10.1. The summed E-state index contributed by atoms with van der Waals surface area (Å²) in [6.07, 6.45) is 2.73. The second-order valence-electron chi connectivity index (χ2n) is 7.75. The van der Waals surface area contributed by atoms with Crippen LogP contribution in [0.1, 0.15) is 24.8 Å². The van der Waals surface area contributed by atoms with Gasteiger partial charge in [0.2, 0.25) is 11.8 Å². The highest BCUT2D eigenvalue weighted by Crippen LogP contribution is 2.25. The van der Waals surface area contributed by atoms with E-state index in [4.69, 9.17) is 4.74 Å². The van der Waals surface area contributed by atoms with Crippen LogP contribution in [0, 0.1) is 5.92 Å². The van der Waals surface area contributed by atoms with Crippen molar-refractivity contribution in [2.24, 2.45) is 5.92 Å². The largest absolute Gasteiger partial charge is 0.497 e. The number of benzene rings is 2. The SMILES string of the molecule is COc1ccc(CN2CC(C(=O)Nc3ccc(N4CCCC4)cc3)CC2=O)cc1. The second kappa shape index (κ2) is 8.55. The number of hydrogen-bond acceptors (Lipinski definition) is 4. The molecule has 6 heteroatoms. The summed E-state index contributed by atoms with van der Waals surface area (Å²) in [6.45, 7) is 3.15. The van der Waals surface area contributed by atoms with Crippen LogP contribution in [0.5, 0.6) is 5.75 Å². The fourth-order valence-corrected chi connectivity index (χ4v) is 4.03. The van der Waals surface area contributed by atoms with Gasteiger partial charge >= 0.3 is 0 Å². The molecule has 1 N–H and O–H groups in total. The molecule has 0 bridgehead atoms. The van der Waals surface area contributed by atoms with Gasteiger partial charge in [0.25, 0.3) is 0 Å². The van der Waals surface area contributed by atoms with Crippen LogP contribution in [0.3, 0.4) is 0 Å². The Balaban J connectivity index is 1.32. The molecule has 29 heavy (non-hydrogen) atoms. The van der Waals surface area contributed by atoms with Crippen LogP contribution >= 0.6 is 0 Å². The molecule has 4 rings (SSSR count). The van der Waals surface area contributed by atoms with Gasteiger partial charge in [0.15, 0.2) is 0 Å². The molecule has 0 radical (unpaired) electrons. The van der Waals surface area contributed by atoms with Crippen molar-refractivity contribution < 1.29 is 14.3 Å². The highest BCUT2D eigenvalue weighted by molar-refractivity contribution is 5.97. The van der Waals surface area contributed by atoms with E-state index in [2.05, 4.69) is 22.3 Å². The topological polar surface area (TPSA) is 61.9 Å². The minimum Gasteiger partial charge on any atom is -0.497 e. The van der Waals surface area contributed by atoms with Crippen molar-refractivity contribution in [1.82, 2.24) is 4.90 Å². The average molecular weight is 393 g/mol. The first-order valence-corrected chi connectivity index (χ1v) is 10.2. The number of carbonyl (C=O) groups is 2. The average Bonchev–Trinajstić information content (AvgIpc) is 3.40. The van der Waals surface area contributed by atoms with Gasteiger partial charge in [0.05, 0.1) is 13.0 Å². The first-order chi connectivity index (χ1) is 14.1. The summed E-state index contributed by atoms with van der Waals surface area (Å²) >= 11 is 0. The van der Waals surface area contributed by atoms with Gasteiger partial charge in [-0.2, -0.15) is 0 Å². The zero-order valence-corrected chi connectivity index (χ0v) is 16.8. The molecule has 2 aromatic carbocycles. The Morgan fingerprint density at radius 3 is 2.41 bits per heavy atom. The van der Waals surface area contributed by atoms with Crippen LogP contribution in [0.25, 0.3) is 0 Å². The molecule has 2 aliphatic rings. The maximum atomic E-state index is 12.7. The Bertz CT molecular complexity index is 858. The van der Waals surface area contributed by atoms with Crippen LogP contribution in [0.15, 0.2) is 48.5 Å². The molecule has 1 unspecified atom stereocenters. The van der Waals surface area contributed by atoms with Gasteiger partial charge in [0, 0.05) is 44.0 Å². The Morgan fingerprint density at radius 2 is 1.76 bits per heavy atom. The number of ether oxygens (including phenoxy) is 1. The standard InChI is InChI=1S/C23H27N3O3/c1-29-21-10-4-17(5-11-21)15-26-16-18(14-22(26)27)23(28)24-19-6-8-20(9-7-19)25-12-2-3-13-25/h4-11,18H,2-3,12-16H2,1H3,(H,24,28). The number of hydrogen-bond donors (Lipinski definition) is 1. The first kappa shape index (κ1) is 19.3. The molecule has 0 saturated carbocycles. The van der Waals surface area contributed by atoms with Crippen LogP contribution in [0.4, 0.5) is 11.4 Å². The number of carbonyl (C=O) groups excluding carboxylic acids is 2. The maximum Gasteiger partial charge on any atom is 0.229 e. The lowest BCUT2D eigenvalue weighted by Gasteiger charge is -2.18. The predicted molar refractivity (Wildman–Crippen MR) is 113 cm³/mol. The number of amides is 2. The summed E-state index contributed by atoms with van der Waals surface area (Å²) in [7, 11) is 1.63. The third-order valence-corrected chi connectivity index (χ3v) is 5.72. The number of nitrogens with zero attached hydrogens (tertiary/aromatic N) is 2. The highest BCUT2D eigenvalue weighted by Gasteiger charge is 2.34. The number of rotatable bonds is 6. The quantitative estimate of drug-likeness (QED) is 0.818. The lowest BCUT2D eigenvalue weighted by Crippen LogP contribution is -2.28. The molecule has 1 atom stereocenters. The molecule has 2 amide bonds. The Hall–Kier alpha value is -3.02.